The summed E-state index contributed by atoms with van der Waals surface area (Å²) in [7, 11) is 0. The second kappa shape index (κ2) is 9.42. The second-order valence-electron chi connectivity index (χ2n) is 11.9. The molecular weight excluding hydrogens is 566 g/mol. The highest BCUT2D eigenvalue weighted by atomic mass is 16.3. The molecule has 3 atom stereocenters. The van der Waals surface area contributed by atoms with E-state index < -0.39 is 0 Å². The fraction of sp³-hybridized carbons (Fsp3) is 0.0500. The van der Waals surface area contributed by atoms with Crippen molar-refractivity contribution in [1.82, 2.24) is 14.6 Å². The molecule has 0 saturated carbocycles. The topological polar surface area (TPSA) is 60.2 Å². The first-order chi connectivity index (χ1) is 22.8. The fourth-order valence-corrected chi connectivity index (χ4v) is 7.25. The minimum atomic E-state index is -0.288. The molecule has 0 bridgehead atoms. The number of rotatable bonds is 4. The van der Waals surface area contributed by atoms with E-state index in [0.29, 0.717) is 5.56 Å². The Kier molecular flexibility index (Phi) is 5.16. The molecule has 0 spiro atoms. The molecule has 2 aliphatic rings. The highest BCUT2D eigenvalue weighted by Gasteiger charge is 2.58. The normalized spacial score (nSPS) is 18.7. The van der Waals surface area contributed by atoms with Gasteiger partial charge in [-0.2, -0.15) is 5.26 Å². The maximum atomic E-state index is 9.49. The first kappa shape index (κ1) is 25.2. The Bertz CT molecular complexity index is 2590. The molecule has 2 aromatic heterocycles. The van der Waals surface area contributed by atoms with E-state index in [4.69, 9.17) is 9.41 Å². The molecule has 1 fully saturated rings. The lowest BCUT2D eigenvalue weighted by Crippen LogP contribution is -2.14. The quantitative estimate of drug-likeness (QED) is 0.191. The molecule has 6 heteroatoms. The lowest BCUT2D eigenvalue weighted by molar-refractivity contribution is 0.269. The van der Waals surface area contributed by atoms with E-state index >= 15 is 0 Å². The minimum absolute atomic E-state index is 0.00602. The van der Waals surface area contributed by atoms with Crippen molar-refractivity contribution in [2.24, 2.45) is 4.99 Å². The number of aliphatic imine (C=N–C) groups is 1. The zero-order chi connectivity index (χ0) is 30.4. The van der Waals surface area contributed by atoms with Crippen LogP contribution in [0, 0.1) is 11.3 Å². The van der Waals surface area contributed by atoms with Crippen LogP contribution in [0.1, 0.15) is 29.1 Å². The average molecular weight is 592 g/mol. The van der Waals surface area contributed by atoms with E-state index in [2.05, 4.69) is 124 Å². The van der Waals surface area contributed by atoms with Gasteiger partial charge in [0.25, 0.3) is 0 Å². The van der Waals surface area contributed by atoms with Gasteiger partial charge in [-0.3, -0.25) is 5.01 Å². The van der Waals surface area contributed by atoms with Crippen LogP contribution < -0.4 is 0 Å². The Labute approximate surface area is 264 Å². The fourth-order valence-electron chi connectivity index (χ4n) is 7.25. The highest BCUT2D eigenvalue weighted by molar-refractivity contribution is 6.16. The molecule has 3 unspecified atom stereocenters. The monoisotopic (exact) mass is 591 g/mol. The Balaban J connectivity index is 1.17. The largest absolute Gasteiger partial charge is 0.456 e. The van der Waals surface area contributed by atoms with Gasteiger partial charge in [-0.05, 0) is 59.2 Å². The average Bonchev–Trinajstić information content (AvgIpc) is 3.38. The number of hydrazine groups is 1. The van der Waals surface area contributed by atoms with E-state index in [1.54, 1.807) is 0 Å². The van der Waals surface area contributed by atoms with Crippen molar-refractivity contribution in [2.45, 2.75) is 12.5 Å². The van der Waals surface area contributed by atoms with E-state index in [1.165, 1.54) is 10.9 Å². The van der Waals surface area contributed by atoms with Crippen molar-refractivity contribution < 1.29 is 4.42 Å². The summed E-state index contributed by atoms with van der Waals surface area (Å²) in [5.74, 6) is 0.952. The molecule has 0 N–H and O–H groups in total. The summed E-state index contributed by atoms with van der Waals surface area (Å²) in [6.45, 7) is 0. The van der Waals surface area contributed by atoms with Crippen molar-refractivity contribution in [3.8, 4) is 17.2 Å². The Morgan fingerprint density at radius 3 is 2.20 bits per heavy atom. The van der Waals surface area contributed by atoms with Gasteiger partial charge in [0.1, 0.15) is 17.3 Å². The van der Waals surface area contributed by atoms with Crippen LogP contribution in [0.5, 0.6) is 0 Å². The number of hydrogen-bond acceptors (Lipinski definition) is 5. The van der Waals surface area contributed by atoms with Crippen LogP contribution in [0.15, 0.2) is 149 Å². The van der Waals surface area contributed by atoms with Gasteiger partial charge in [0.15, 0.2) is 5.84 Å². The maximum absolute atomic E-state index is 9.49. The molecule has 6 aromatic carbocycles. The number of benzene rings is 6. The standard InChI is InChI=1S/C40H25N5O/c41-24-25-10-8-13-27(20-25)28-14-9-15-29(21-28)39-44-38(26-11-2-1-3-12-26)42-40(45(39)44)43-34-18-6-4-16-30(34)32-23-37-33(22-35(32)43)31-17-5-7-19-36(31)46-37/h1-23,39-40H. The van der Waals surface area contributed by atoms with E-state index in [-0.39, 0.29) is 12.5 Å². The molecule has 46 heavy (non-hydrogen) atoms. The van der Waals surface area contributed by atoms with Crippen molar-refractivity contribution in [3.05, 3.63) is 156 Å². The summed E-state index contributed by atoms with van der Waals surface area (Å²) in [5, 5.41) is 18.7. The van der Waals surface area contributed by atoms with Crippen LogP contribution in [0.25, 0.3) is 54.9 Å². The molecule has 2 aliphatic heterocycles. The Hall–Kier alpha value is -6.16. The van der Waals surface area contributed by atoms with Gasteiger partial charge in [-0.1, -0.05) is 97.1 Å². The van der Waals surface area contributed by atoms with E-state index in [1.807, 2.05) is 36.4 Å². The van der Waals surface area contributed by atoms with Gasteiger partial charge in [0, 0.05) is 27.1 Å². The second-order valence-corrected chi connectivity index (χ2v) is 11.9. The smallest absolute Gasteiger partial charge is 0.204 e. The lowest BCUT2D eigenvalue weighted by atomic mass is 10.0. The summed E-state index contributed by atoms with van der Waals surface area (Å²) in [5.41, 5.74) is 9.07. The van der Waals surface area contributed by atoms with Crippen molar-refractivity contribution in [3.63, 3.8) is 0 Å². The van der Waals surface area contributed by atoms with Crippen molar-refractivity contribution in [2.75, 3.05) is 0 Å². The number of para-hydroxylation sites is 2. The molecule has 6 nitrogen and oxygen atoms in total. The van der Waals surface area contributed by atoms with Gasteiger partial charge in [-0.15, -0.1) is 5.01 Å². The van der Waals surface area contributed by atoms with Crippen LogP contribution in [0.2, 0.25) is 0 Å². The predicted octanol–water partition coefficient (Wildman–Crippen LogP) is 9.38. The first-order valence-electron chi connectivity index (χ1n) is 15.4. The molecule has 0 radical (unpaired) electrons. The summed E-state index contributed by atoms with van der Waals surface area (Å²) in [4.78, 5) is 5.41. The van der Waals surface area contributed by atoms with E-state index in [9.17, 15) is 5.26 Å². The lowest BCUT2D eigenvalue weighted by Gasteiger charge is -2.16. The number of nitriles is 1. The van der Waals surface area contributed by atoms with Crippen molar-refractivity contribution >= 4 is 49.6 Å². The molecule has 0 aliphatic carbocycles. The summed E-state index contributed by atoms with van der Waals surface area (Å²) >= 11 is 0. The zero-order valence-electron chi connectivity index (χ0n) is 24.6. The maximum Gasteiger partial charge on any atom is 0.204 e. The summed E-state index contributed by atoms with van der Waals surface area (Å²) < 4.78 is 8.70. The highest BCUT2D eigenvalue weighted by Crippen LogP contribution is 2.54. The van der Waals surface area contributed by atoms with Gasteiger partial charge in [-0.25, -0.2) is 4.99 Å². The van der Waals surface area contributed by atoms with Crippen LogP contribution in [-0.4, -0.2) is 20.4 Å². The van der Waals surface area contributed by atoms with Gasteiger partial charge < -0.3 is 8.98 Å². The molecule has 4 heterocycles. The first-order valence-corrected chi connectivity index (χ1v) is 15.4. The van der Waals surface area contributed by atoms with Gasteiger partial charge in [0.2, 0.25) is 6.29 Å². The molecule has 8 aromatic rings. The molecular formula is C40H25N5O. The third kappa shape index (κ3) is 3.58. The number of fused-ring (bicyclic) bond motifs is 7. The van der Waals surface area contributed by atoms with Crippen LogP contribution in [0.3, 0.4) is 0 Å². The molecule has 1 saturated heterocycles. The number of amidine groups is 1. The van der Waals surface area contributed by atoms with Crippen LogP contribution >= 0.6 is 0 Å². The number of aromatic nitrogens is 1. The van der Waals surface area contributed by atoms with Crippen LogP contribution in [0.4, 0.5) is 0 Å². The third-order valence-electron chi connectivity index (χ3n) is 9.35. The summed E-state index contributed by atoms with van der Waals surface area (Å²) in [6, 6.07) is 50.4. The van der Waals surface area contributed by atoms with E-state index in [0.717, 1.165) is 60.9 Å². The Morgan fingerprint density at radius 2 is 1.33 bits per heavy atom. The predicted molar refractivity (Wildman–Crippen MR) is 182 cm³/mol. The molecule has 10 rings (SSSR count). The zero-order valence-corrected chi connectivity index (χ0v) is 24.6. The number of hydrogen-bond donors (Lipinski definition) is 0. The van der Waals surface area contributed by atoms with Gasteiger partial charge in [0.05, 0.1) is 22.7 Å². The summed E-state index contributed by atoms with van der Waals surface area (Å²) in [6.07, 6.45) is -0.282. The van der Waals surface area contributed by atoms with Crippen LogP contribution in [-0.2, 0) is 0 Å². The number of nitrogens with zero attached hydrogens (tertiary/aromatic N) is 5. The Morgan fingerprint density at radius 1 is 0.587 bits per heavy atom. The number of furan rings is 1. The molecule has 216 valence electrons. The van der Waals surface area contributed by atoms with Crippen molar-refractivity contribution in [1.29, 1.82) is 5.26 Å². The third-order valence-corrected chi connectivity index (χ3v) is 9.35. The SMILES string of the molecule is N#Cc1cccc(-c2cccc(C3N4C(c5ccccc5)=NC(n5c6ccccc6c6cc7oc8ccccc8c7cc65)N34)c2)c1. The minimum Gasteiger partial charge on any atom is -0.456 e. The van der Waals surface area contributed by atoms with Gasteiger partial charge >= 0.3 is 0 Å². The molecule has 0 amide bonds.